The molecule has 1 aliphatic heterocycles. The smallest absolute Gasteiger partial charge is 0.236 e. The molecule has 2 unspecified atom stereocenters. The number of likely N-dealkylation sites (N-methyl/N-ethyl adjacent to an activating group) is 1. The van der Waals surface area contributed by atoms with Gasteiger partial charge in [0.15, 0.2) is 0 Å². The van der Waals surface area contributed by atoms with Gasteiger partial charge in [0.05, 0.1) is 6.04 Å². The van der Waals surface area contributed by atoms with Crippen LogP contribution in [0.5, 0.6) is 0 Å². The van der Waals surface area contributed by atoms with Gasteiger partial charge in [-0.3, -0.25) is 4.79 Å². The van der Waals surface area contributed by atoms with Crippen molar-refractivity contribution in [1.29, 1.82) is 0 Å². The molecule has 0 aromatic rings. The van der Waals surface area contributed by atoms with Gasteiger partial charge in [0.25, 0.3) is 0 Å². The molecule has 70 valence electrons. The summed E-state index contributed by atoms with van der Waals surface area (Å²) in [7, 11) is 1.69. The summed E-state index contributed by atoms with van der Waals surface area (Å²) in [6.45, 7) is 5.40. The van der Waals surface area contributed by atoms with E-state index in [4.69, 9.17) is 0 Å². The van der Waals surface area contributed by atoms with Gasteiger partial charge < -0.3 is 10.6 Å². The molecule has 3 nitrogen and oxygen atoms in total. The van der Waals surface area contributed by atoms with Gasteiger partial charge in [-0.05, 0) is 24.8 Å². The van der Waals surface area contributed by atoms with Crippen molar-refractivity contribution in [3.05, 3.63) is 0 Å². The van der Waals surface area contributed by atoms with Crippen molar-refractivity contribution in [3.63, 3.8) is 0 Å². The monoisotopic (exact) mass is 170 g/mol. The molecule has 1 rings (SSSR count). The van der Waals surface area contributed by atoms with Crippen LogP contribution in [0.4, 0.5) is 0 Å². The summed E-state index contributed by atoms with van der Waals surface area (Å²) in [6.07, 6.45) is 0.983. The van der Waals surface area contributed by atoms with E-state index in [2.05, 4.69) is 24.5 Å². The number of rotatable bonds is 2. The highest BCUT2D eigenvalue weighted by atomic mass is 16.2. The van der Waals surface area contributed by atoms with Gasteiger partial charge in [-0.25, -0.2) is 0 Å². The Morgan fingerprint density at radius 3 is 2.67 bits per heavy atom. The van der Waals surface area contributed by atoms with E-state index in [0.717, 1.165) is 13.0 Å². The first kappa shape index (κ1) is 9.52. The molecule has 1 aliphatic rings. The molecular weight excluding hydrogens is 152 g/mol. The second-order valence-corrected chi connectivity index (χ2v) is 3.81. The average molecular weight is 170 g/mol. The summed E-state index contributed by atoms with van der Waals surface area (Å²) in [4.78, 5) is 11.2. The predicted molar refractivity (Wildman–Crippen MR) is 48.8 cm³/mol. The standard InChI is InChI=1S/C9H18N2O/c1-6(2)7-4-8(11-5-7)9(12)10-3/h6-8,11H,4-5H2,1-3H3,(H,10,12). The molecule has 3 heteroatoms. The maximum atomic E-state index is 11.2. The van der Waals surface area contributed by atoms with E-state index in [0.29, 0.717) is 11.8 Å². The average Bonchev–Trinajstić information content (AvgIpc) is 2.51. The molecule has 12 heavy (non-hydrogen) atoms. The van der Waals surface area contributed by atoms with Gasteiger partial charge in [-0.15, -0.1) is 0 Å². The molecule has 0 aromatic carbocycles. The van der Waals surface area contributed by atoms with Crippen molar-refractivity contribution in [2.45, 2.75) is 26.3 Å². The van der Waals surface area contributed by atoms with Crippen LogP contribution in [0.1, 0.15) is 20.3 Å². The van der Waals surface area contributed by atoms with Gasteiger partial charge >= 0.3 is 0 Å². The van der Waals surface area contributed by atoms with Gasteiger partial charge in [0.2, 0.25) is 5.91 Å². The largest absolute Gasteiger partial charge is 0.358 e. The maximum Gasteiger partial charge on any atom is 0.236 e. The fraction of sp³-hybridized carbons (Fsp3) is 0.889. The molecule has 1 fully saturated rings. The molecule has 1 amide bonds. The maximum absolute atomic E-state index is 11.2. The minimum Gasteiger partial charge on any atom is -0.358 e. The lowest BCUT2D eigenvalue weighted by Crippen LogP contribution is -2.38. The highest BCUT2D eigenvalue weighted by Crippen LogP contribution is 2.21. The van der Waals surface area contributed by atoms with Gasteiger partial charge in [-0.1, -0.05) is 13.8 Å². The summed E-state index contributed by atoms with van der Waals surface area (Å²) in [6, 6.07) is 0.0439. The first-order valence-corrected chi connectivity index (χ1v) is 4.60. The number of carbonyl (C=O) groups is 1. The van der Waals surface area contributed by atoms with Crippen LogP contribution < -0.4 is 10.6 Å². The fourth-order valence-corrected chi connectivity index (χ4v) is 1.64. The van der Waals surface area contributed by atoms with Gasteiger partial charge in [-0.2, -0.15) is 0 Å². The van der Waals surface area contributed by atoms with Crippen molar-refractivity contribution >= 4 is 5.91 Å². The zero-order chi connectivity index (χ0) is 9.14. The summed E-state index contributed by atoms with van der Waals surface area (Å²) in [5.74, 6) is 1.46. The Labute approximate surface area is 73.9 Å². The quantitative estimate of drug-likeness (QED) is 0.628. The molecule has 2 N–H and O–H groups in total. The van der Waals surface area contributed by atoms with E-state index >= 15 is 0 Å². The van der Waals surface area contributed by atoms with Crippen LogP contribution in [0.3, 0.4) is 0 Å². The van der Waals surface area contributed by atoms with E-state index in [1.54, 1.807) is 7.05 Å². The zero-order valence-electron chi connectivity index (χ0n) is 8.05. The van der Waals surface area contributed by atoms with Crippen LogP contribution >= 0.6 is 0 Å². The number of hydrogen-bond donors (Lipinski definition) is 2. The lowest BCUT2D eigenvalue weighted by atomic mass is 9.93. The summed E-state index contributed by atoms with van der Waals surface area (Å²) in [5.41, 5.74) is 0. The molecular formula is C9H18N2O. The highest BCUT2D eigenvalue weighted by molar-refractivity contribution is 5.81. The molecule has 0 aliphatic carbocycles. The minimum atomic E-state index is 0.0439. The highest BCUT2D eigenvalue weighted by Gasteiger charge is 2.29. The van der Waals surface area contributed by atoms with Gasteiger partial charge in [0, 0.05) is 7.05 Å². The van der Waals surface area contributed by atoms with Crippen molar-refractivity contribution in [3.8, 4) is 0 Å². The normalized spacial score (nSPS) is 29.3. The van der Waals surface area contributed by atoms with E-state index in [1.165, 1.54) is 0 Å². The number of nitrogens with one attached hydrogen (secondary N) is 2. The van der Waals surface area contributed by atoms with Crippen molar-refractivity contribution in [2.24, 2.45) is 11.8 Å². The molecule has 1 saturated heterocycles. The lowest BCUT2D eigenvalue weighted by Gasteiger charge is -2.12. The Morgan fingerprint density at radius 2 is 2.25 bits per heavy atom. The Balaban J connectivity index is 2.40. The summed E-state index contributed by atoms with van der Waals surface area (Å²) < 4.78 is 0. The topological polar surface area (TPSA) is 41.1 Å². The summed E-state index contributed by atoms with van der Waals surface area (Å²) >= 11 is 0. The number of hydrogen-bond acceptors (Lipinski definition) is 2. The Morgan fingerprint density at radius 1 is 1.58 bits per heavy atom. The van der Waals surface area contributed by atoms with E-state index in [1.807, 2.05) is 0 Å². The van der Waals surface area contributed by atoms with Gasteiger partial charge in [0.1, 0.15) is 0 Å². The van der Waals surface area contributed by atoms with Crippen LogP contribution in [0.2, 0.25) is 0 Å². The molecule has 0 aromatic heterocycles. The first-order valence-electron chi connectivity index (χ1n) is 4.60. The number of amides is 1. The zero-order valence-corrected chi connectivity index (χ0v) is 8.05. The third kappa shape index (κ3) is 1.97. The van der Waals surface area contributed by atoms with Crippen LogP contribution in [-0.4, -0.2) is 25.5 Å². The van der Waals surface area contributed by atoms with Crippen LogP contribution in [0.25, 0.3) is 0 Å². The molecule has 1 heterocycles. The van der Waals surface area contributed by atoms with Crippen molar-refractivity contribution in [2.75, 3.05) is 13.6 Å². The van der Waals surface area contributed by atoms with E-state index < -0.39 is 0 Å². The first-order chi connectivity index (χ1) is 5.65. The second-order valence-electron chi connectivity index (χ2n) is 3.81. The van der Waals surface area contributed by atoms with Crippen molar-refractivity contribution in [1.82, 2.24) is 10.6 Å². The van der Waals surface area contributed by atoms with Crippen molar-refractivity contribution < 1.29 is 4.79 Å². The minimum absolute atomic E-state index is 0.0439. The molecule has 0 saturated carbocycles. The SMILES string of the molecule is CNC(=O)C1CC(C(C)C)CN1. The Bertz CT molecular complexity index is 168. The Kier molecular flexibility index (Phi) is 3.09. The predicted octanol–water partition coefficient (Wildman–Crippen LogP) is 0.366. The molecule has 2 atom stereocenters. The van der Waals surface area contributed by atoms with Crippen LogP contribution in [0.15, 0.2) is 0 Å². The molecule has 0 bridgehead atoms. The number of carbonyl (C=O) groups excluding carboxylic acids is 1. The van der Waals surface area contributed by atoms with Crippen LogP contribution in [0, 0.1) is 11.8 Å². The van der Waals surface area contributed by atoms with E-state index in [-0.39, 0.29) is 11.9 Å². The summed E-state index contributed by atoms with van der Waals surface area (Å²) in [5, 5.41) is 5.89. The molecule has 0 spiro atoms. The molecule has 0 radical (unpaired) electrons. The lowest BCUT2D eigenvalue weighted by molar-refractivity contribution is -0.122. The third-order valence-electron chi connectivity index (χ3n) is 2.67. The third-order valence-corrected chi connectivity index (χ3v) is 2.67. The second kappa shape index (κ2) is 3.90. The van der Waals surface area contributed by atoms with Crippen LogP contribution in [-0.2, 0) is 4.79 Å². The fourth-order valence-electron chi connectivity index (χ4n) is 1.64. The Hall–Kier alpha value is -0.570. The van der Waals surface area contributed by atoms with E-state index in [9.17, 15) is 4.79 Å².